The Morgan fingerprint density at radius 1 is 1.50 bits per heavy atom. The van der Waals surface area contributed by atoms with Gasteiger partial charge in [0.1, 0.15) is 0 Å². The van der Waals surface area contributed by atoms with Crippen LogP contribution in [0.3, 0.4) is 0 Å². The molecule has 1 rings (SSSR count). The smallest absolute Gasteiger partial charge is 0.407 e. The molecule has 4 nitrogen and oxygen atoms in total. The molecule has 0 aliphatic carbocycles. The summed E-state index contributed by atoms with van der Waals surface area (Å²) < 4.78 is 0. The van der Waals surface area contributed by atoms with Gasteiger partial charge in [-0.3, -0.25) is 0 Å². The van der Waals surface area contributed by atoms with Crippen LogP contribution in [-0.2, 0) is 0 Å². The lowest BCUT2D eigenvalue weighted by Crippen LogP contribution is -2.62. The largest absolute Gasteiger partial charge is 0.465 e. The third kappa shape index (κ3) is 2.18. The van der Waals surface area contributed by atoms with Gasteiger partial charge in [0.2, 0.25) is 0 Å². The standard InChI is InChI=1S/C10H20N2O2/c1-7-8(10(2,3)4)12(9(13)14)6-5-11-7/h7-8,11H,5-6H2,1-4H3,(H,13,14)/t7?,8-/m1/s1. The maximum absolute atomic E-state index is 11.1. The van der Waals surface area contributed by atoms with Crippen molar-refractivity contribution in [1.29, 1.82) is 0 Å². The molecular formula is C10H20N2O2. The number of nitrogens with one attached hydrogen (secondary N) is 1. The minimum absolute atomic E-state index is 0.0226. The molecule has 1 unspecified atom stereocenters. The molecule has 1 heterocycles. The molecule has 0 spiro atoms. The topological polar surface area (TPSA) is 52.6 Å². The molecule has 2 N–H and O–H groups in total. The van der Waals surface area contributed by atoms with Crippen molar-refractivity contribution >= 4 is 6.09 Å². The van der Waals surface area contributed by atoms with E-state index in [-0.39, 0.29) is 17.5 Å². The fourth-order valence-corrected chi connectivity index (χ4v) is 2.37. The van der Waals surface area contributed by atoms with E-state index < -0.39 is 6.09 Å². The van der Waals surface area contributed by atoms with Gasteiger partial charge < -0.3 is 15.3 Å². The minimum Gasteiger partial charge on any atom is -0.465 e. The van der Waals surface area contributed by atoms with Crippen molar-refractivity contribution in [3.8, 4) is 0 Å². The Kier molecular flexibility index (Phi) is 3.04. The molecule has 0 bridgehead atoms. The lowest BCUT2D eigenvalue weighted by Gasteiger charge is -2.46. The normalized spacial score (nSPS) is 29.0. The van der Waals surface area contributed by atoms with Crippen LogP contribution in [-0.4, -0.2) is 41.3 Å². The summed E-state index contributed by atoms with van der Waals surface area (Å²) >= 11 is 0. The maximum Gasteiger partial charge on any atom is 0.407 e. The third-order valence-electron chi connectivity index (χ3n) is 2.76. The van der Waals surface area contributed by atoms with Gasteiger partial charge in [-0.1, -0.05) is 20.8 Å². The van der Waals surface area contributed by atoms with E-state index in [9.17, 15) is 4.79 Å². The van der Waals surface area contributed by atoms with Crippen LogP contribution in [0.15, 0.2) is 0 Å². The van der Waals surface area contributed by atoms with Crippen LogP contribution in [0.4, 0.5) is 4.79 Å². The fraction of sp³-hybridized carbons (Fsp3) is 0.900. The number of piperazine rings is 1. The van der Waals surface area contributed by atoms with Crippen LogP contribution in [0.2, 0.25) is 0 Å². The molecule has 1 aliphatic rings. The van der Waals surface area contributed by atoms with Gasteiger partial charge in [0.15, 0.2) is 0 Å². The van der Waals surface area contributed by atoms with Gasteiger partial charge in [-0.25, -0.2) is 4.79 Å². The van der Waals surface area contributed by atoms with Crippen LogP contribution in [0.1, 0.15) is 27.7 Å². The first-order valence-electron chi connectivity index (χ1n) is 5.07. The first-order valence-corrected chi connectivity index (χ1v) is 5.07. The molecule has 1 saturated heterocycles. The highest BCUT2D eigenvalue weighted by Gasteiger charge is 2.39. The van der Waals surface area contributed by atoms with Gasteiger partial charge >= 0.3 is 6.09 Å². The average Bonchev–Trinajstić information content (AvgIpc) is 2.01. The number of nitrogens with zero attached hydrogens (tertiary/aromatic N) is 1. The molecule has 0 aromatic heterocycles. The molecule has 1 fully saturated rings. The van der Waals surface area contributed by atoms with E-state index >= 15 is 0 Å². The van der Waals surface area contributed by atoms with Crippen molar-refractivity contribution in [1.82, 2.24) is 10.2 Å². The zero-order chi connectivity index (χ0) is 10.9. The predicted octanol–water partition coefficient (Wildman–Crippen LogP) is 1.37. The van der Waals surface area contributed by atoms with Crippen LogP contribution in [0.25, 0.3) is 0 Å². The van der Waals surface area contributed by atoms with E-state index in [1.807, 2.05) is 6.92 Å². The van der Waals surface area contributed by atoms with Crippen molar-refractivity contribution < 1.29 is 9.90 Å². The molecule has 2 atom stereocenters. The Bertz CT molecular complexity index is 223. The van der Waals surface area contributed by atoms with Crippen molar-refractivity contribution in [2.75, 3.05) is 13.1 Å². The Hall–Kier alpha value is -0.770. The van der Waals surface area contributed by atoms with E-state index in [1.165, 1.54) is 0 Å². The van der Waals surface area contributed by atoms with Gasteiger partial charge in [-0.15, -0.1) is 0 Å². The summed E-state index contributed by atoms with van der Waals surface area (Å²) in [7, 11) is 0. The lowest BCUT2D eigenvalue weighted by atomic mass is 9.80. The summed E-state index contributed by atoms with van der Waals surface area (Å²) in [5, 5.41) is 12.4. The SMILES string of the molecule is CC1NCCN(C(=O)O)[C@H]1C(C)(C)C. The van der Waals surface area contributed by atoms with E-state index in [1.54, 1.807) is 4.90 Å². The number of carboxylic acid groups (broad SMARTS) is 1. The van der Waals surface area contributed by atoms with E-state index in [4.69, 9.17) is 5.11 Å². The second-order valence-corrected chi connectivity index (χ2v) is 5.03. The summed E-state index contributed by atoms with van der Waals surface area (Å²) in [6.45, 7) is 9.62. The molecular weight excluding hydrogens is 180 g/mol. The zero-order valence-corrected chi connectivity index (χ0v) is 9.37. The van der Waals surface area contributed by atoms with Crippen molar-refractivity contribution in [3.05, 3.63) is 0 Å². The summed E-state index contributed by atoms with van der Waals surface area (Å²) in [4.78, 5) is 12.6. The maximum atomic E-state index is 11.1. The first-order chi connectivity index (χ1) is 6.34. The van der Waals surface area contributed by atoms with E-state index in [0.717, 1.165) is 6.54 Å². The predicted molar refractivity (Wildman–Crippen MR) is 55.4 cm³/mol. The van der Waals surface area contributed by atoms with Gasteiger partial charge in [-0.05, 0) is 12.3 Å². The summed E-state index contributed by atoms with van der Waals surface area (Å²) in [6, 6.07) is 0.272. The highest BCUT2D eigenvalue weighted by atomic mass is 16.4. The van der Waals surface area contributed by atoms with Gasteiger partial charge in [0.25, 0.3) is 0 Å². The highest BCUT2D eigenvalue weighted by Crippen LogP contribution is 2.28. The Labute approximate surface area is 85.3 Å². The molecule has 0 aromatic carbocycles. The number of hydrogen-bond donors (Lipinski definition) is 2. The Morgan fingerprint density at radius 2 is 2.07 bits per heavy atom. The second-order valence-electron chi connectivity index (χ2n) is 5.03. The number of hydrogen-bond acceptors (Lipinski definition) is 2. The number of rotatable bonds is 0. The quantitative estimate of drug-likeness (QED) is 0.621. The van der Waals surface area contributed by atoms with Gasteiger partial charge in [-0.2, -0.15) is 0 Å². The summed E-state index contributed by atoms with van der Waals surface area (Å²) in [5.74, 6) is 0. The van der Waals surface area contributed by atoms with Crippen LogP contribution in [0, 0.1) is 5.41 Å². The van der Waals surface area contributed by atoms with E-state index in [2.05, 4.69) is 26.1 Å². The Morgan fingerprint density at radius 3 is 2.43 bits per heavy atom. The van der Waals surface area contributed by atoms with Crippen molar-refractivity contribution in [2.45, 2.75) is 39.8 Å². The van der Waals surface area contributed by atoms with E-state index in [0.29, 0.717) is 6.54 Å². The summed E-state index contributed by atoms with van der Waals surface area (Å²) in [5.41, 5.74) is -0.0226. The monoisotopic (exact) mass is 200 g/mol. The molecule has 0 saturated carbocycles. The first kappa shape index (κ1) is 11.3. The minimum atomic E-state index is -0.807. The van der Waals surface area contributed by atoms with Crippen molar-refractivity contribution in [3.63, 3.8) is 0 Å². The molecule has 1 amide bonds. The summed E-state index contributed by atoms with van der Waals surface area (Å²) in [6.07, 6.45) is -0.807. The molecule has 82 valence electrons. The average molecular weight is 200 g/mol. The number of carbonyl (C=O) groups is 1. The Balaban J connectivity index is 2.87. The molecule has 0 aromatic rings. The van der Waals surface area contributed by atoms with Crippen LogP contribution < -0.4 is 5.32 Å². The lowest BCUT2D eigenvalue weighted by molar-refractivity contribution is 0.0458. The highest BCUT2D eigenvalue weighted by molar-refractivity contribution is 5.66. The molecule has 1 aliphatic heterocycles. The third-order valence-corrected chi connectivity index (χ3v) is 2.76. The molecule has 0 radical (unpaired) electrons. The molecule has 4 heteroatoms. The van der Waals surface area contributed by atoms with Gasteiger partial charge in [0, 0.05) is 19.1 Å². The zero-order valence-electron chi connectivity index (χ0n) is 9.37. The number of amides is 1. The van der Waals surface area contributed by atoms with Crippen LogP contribution >= 0.6 is 0 Å². The molecule has 14 heavy (non-hydrogen) atoms. The second kappa shape index (κ2) is 3.77. The van der Waals surface area contributed by atoms with Crippen LogP contribution in [0.5, 0.6) is 0 Å². The van der Waals surface area contributed by atoms with Gasteiger partial charge in [0.05, 0.1) is 6.04 Å². The fourth-order valence-electron chi connectivity index (χ4n) is 2.37. The van der Waals surface area contributed by atoms with Crippen molar-refractivity contribution in [2.24, 2.45) is 5.41 Å².